The Kier molecular flexibility index (Phi) is 6.42. The average Bonchev–Trinajstić information content (AvgIpc) is 3.51. The Morgan fingerprint density at radius 1 is 1.14 bits per heavy atom. The fraction of sp³-hybridized carbons (Fsp3) is 0.222. The van der Waals surface area contributed by atoms with E-state index in [-0.39, 0.29) is 17.9 Å². The number of nitrogens with one attached hydrogen (secondary N) is 1. The summed E-state index contributed by atoms with van der Waals surface area (Å²) in [5, 5.41) is 8.32. The Balaban J connectivity index is 1.28. The van der Waals surface area contributed by atoms with Crippen molar-refractivity contribution >= 4 is 29.2 Å². The maximum absolute atomic E-state index is 12.8. The second kappa shape index (κ2) is 9.80. The van der Waals surface area contributed by atoms with Gasteiger partial charge in [0.15, 0.2) is 0 Å². The summed E-state index contributed by atoms with van der Waals surface area (Å²) in [5.41, 5.74) is 3.18. The topological polar surface area (TPSA) is 80.4 Å². The van der Waals surface area contributed by atoms with E-state index in [9.17, 15) is 9.59 Å². The number of halogens is 1. The number of fused-ring (bicyclic) bond motifs is 1. The van der Waals surface area contributed by atoms with Crippen molar-refractivity contribution in [3.05, 3.63) is 94.9 Å². The Labute approximate surface area is 208 Å². The van der Waals surface area contributed by atoms with Gasteiger partial charge in [0.05, 0.1) is 25.0 Å². The zero-order valence-electron chi connectivity index (χ0n) is 19.3. The summed E-state index contributed by atoms with van der Waals surface area (Å²) in [6, 6.07) is 20.4. The number of carbonyl (C=O) groups excluding carboxylic acids is 2. The van der Waals surface area contributed by atoms with Crippen molar-refractivity contribution in [1.29, 1.82) is 0 Å². The van der Waals surface area contributed by atoms with Gasteiger partial charge in [0.1, 0.15) is 11.6 Å². The van der Waals surface area contributed by atoms with Crippen molar-refractivity contribution in [3.63, 3.8) is 0 Å². The van der Waals surface area contributed by atoms with Crippen LogP contribution >= 0.6 is 11.6 Å². The summed E-state index contributed by atoms with van der Waals surface area (Å²) in [6.45, 7) is 2.88. The van der Waals surface area contributed by atoms with Crippen LogP contribution in [0.4, 0.5) is 5.82 Å². The lowest BCUT2D eigenvalue weighted by Gasteiger charge is -2.27. The van der Waals surface area contributed by atoms with Gasteiger partial charge in [-0.2, -0.15) is 5.10 Å². The van der Waals surface area contributed by atoms with Crippen LogP contribution in [0.2, 0.25) is 5.02 Å². The molecule has 3 heterocycles. The molecule has 0 saturated heterocycles. The molecule has 7 nitrogen and oxygen atoms in total. The van der Waals surface area contributed by atoms with E-state index in [1.165, 1.54) is 0 Å². The van der Waals surface area contributed by atoms with Crippen molar-refractivity contribution in [1.82, 2.24) is 15.1 Å². The summed E-state index contributed by atoms with van der Waals surface area (Å²) in [6.07, 6.45) is 2.64. The van der Waals surface area contributed by atoms with Crippen LogP contribution in [0.3, 0.4) is 0 Å². The Bertz CT molecular complexity index is 1350. The first kappa shape index (κ1) is 22.9. The van der Waals surface area contributed by atoms with Crippen LogP contribution in [-0.4, -0.2) is 27.6 Å². The summed E-state index contributed by atoms with van der Waals surface area (Å²) in [5.74, 6) is 1.49. The number of aromatic nitrogens is 2. The molecule has 0 aliphatic carbocycles. The molecule has 0 bridgehead atoms. The van der Waals surface area contributed by atoms with Crippen LogP contribution in [0.1, 0.15) is 35.0 Å². The van der Waals surface area contributed by atoms with Crippen LogP contribution < -0.4 is 10.2 Å². The average molecular weight is 489 g/mol. The van der Waals surface area contributed by atoms with Crippen molar-refractivity contribution in [2.24, 2.45) is 0 Å². The first-order valence-corrected chi connectivity index (χ1v) is 11.9. The molecule has 0 saturated carbocycles. The number of hydrogen-bond acceptors (Lipinski definition) is 4. The predicted molar refractivity (Wildman–Crippen MR) is 134 cm³/mol. The highest BCUT2D eigenvalue weighted by molar-refractivity contribution is 6.30. The maximum Gasteiger partial charge on any atom is 0.251 e. The molecule has 178 valence electrons. The molecule has 1 N–H and O–H groups in total. The molecule has 0 unspecified atom stereocenters. The molecule has 2 aromatic heterocycles. The highest BCUT2D eigenvalue weighted by atomic mass is 35.5. The van der Waals surface area contributed by atoms with E-state index < -0.39 is 0 Å². The molecule has 1 atom stereocenters. The SMILES string of the molecule is C[C@H](Cc1ccco1)NC(=O)c1ccc(CN2C(=O)CCn3nc(-c4cccc(Cl)c4)cc32)cc1. The van der Waals surface area contributed by atoms with Gasteiger partial charge >= 0.3 is 0 Å². The smallest absolute Gasteiger partial charge is 0.251 e. The minimum atomic E-state index is -0.145. The van der Waals surface area contributed by atoms with E-state index in [1.807, 2.05) is 66.2 Å². The molecule has 8 heteroatoms. The van der Waals surface area contributed by atoms with Gasteiger partial charge in [0.25, 0.3) is 5.91 Å². The van der Waals surface area contributed by atoms with E-state index in [1.54, 1.807) is 23.3 Å². The van der Waals surface area contributed by atoms with Gasteiger partial charge in [-0.15, -0.1) is 0 Å². The third-order valence-electron chi connectivity index (χ3n) is 6.02. The summed E-state index contributed by atoms with van der Waals surface area (Å²) in [7, 11) is 0. The Morgan fingerprint density at radius 2 is 1.97 bits per heavy atom. The third kappa shape index (κ3) is 5.15. The Morgan fingerprint density at radius 3 is 2.71 bits per heavy atom. The predicted octanol–water partition coefficient (Wildman–Crippen LogP) is 5.09. The number of rotatable bonds is 7. The van der Waals surface area contributed by atoms with Crippen molar-refractivity contribution in [2.45, 2.75) is 38.9 Å². The summed E-state index contributed by atoms with van der Waals surface area (Å²) >= 11 is 6.14. The van der Waals surface area contributed by atoms with Crippen LogP contribution in [0.15, 0.2) is 77.4 Å². The number of amides is 2. The third-order valence-corrected chi connectivity index (χ3v) is 6.25. The molecule has 0 radical (unpaired) electrons. The fourth-order valence-electron chi connectivity index (χ4n) is 4.24. The molecule has 1 aliphatic heterocycles. The number of hydrogen-bond donors (Lipinski definition) is 1. The quantitative estimate of drug-likeness (QED) is 0.392. The van der Waals surface area contributed by atoms with Crippen LogP contribution in [-0.2, 0) is 24.3 Å². The van der Waals surface area contributed by atoms with Crippen LogP contribution in [0, 0.1) is 0 Å². The van der Waals surface area contributed by atoms with Gasteiger partial charge in [0.2, 0.25) is 5.91 Å². The fourth-order valence-corrected chi connectivity index (χ4v) is 4.43. The zero-order chi connectivity index (χ0) is 24.4. The molecule has 0 fully saturated rings. The minimum Gasteiger partial charge on any atom is -0.469 e. The Hall–Kier alpha value is -3.84. The molecule has 1 aliphatic rings. The lowest BCUT2D eigenvalue weighted by molar-refractivity contribution is -0.119. The largest absolute Gasteiger partial charge is 0.469 e. The highest BCUT2D eigenvalue weighted by Gasteiger charge is 2.26. The molecular formula is C27H25ClN4O3. The van der Waals surface area contributed by atoms with Crippen molar-refractivity contribution in [2.75, 3.05) is 4.90 Å². The van der Waals surface area contributed by atoms with E-state index in [0.717, 1.165) is 28.4 Å². The van der Waals surface area contributed by atoms with Crippen LogP contribution in [0.5, 0.6) is 0 Å². The second-order valence-electron chi connectivity index (χ2n) is 8.71. The summed E-state index contributed by atoms with van der Waals surface area (Å²) in [4.78, 5) is 27.2. The zero-order valence-corrected chi connectivity index (χ0v) is 20.0. The molecular weight excluding hydrogens is 464 g/mol. The number of furan rings is 1. The lowest BCUT2D eigenvalue weighted by Crippen LogP contribution is -2.37. The standard InChI is InChI=1S/C27H25ClN4O3/c1-18(14-23-6-3-13-35-23)29-27(34)20-9-7-19(8-10-20)17-31-25-16-24(21-4-2-5-22(28)15-21)30-32(25)12-11-26(31)33/h2-10,13,15-16,18H,11-12,14,17H2,1H3,(H,29,34)/t18-/m1/s1. The van der Waals surface area contributed by atoms with Crippen molar-refractivity contribution < 1.29 is 14.0 Å². The lowest BCUT2D eigenvalue weighted by atomic mass is 10.1. The number of aryl methyl sites for hydroxylation is 1. The first-order valence-electron chi connectivity index (χ1n) is 11.5. The number of benzene rings is 2. The highest BCUT2D eigenvalue weighted by Crippen LogP contribution is 2.30. The van der Waals surface area contributed by atoms with Gasteiger partial charge in [-0.1, -0.05) is 35.9 Å². The van der Waals surface area contributed by atoms with Gasteiger partial charge in [-0.25, -0.2) is 4.68 Å². The van der Waals surface area contributed by atoms with E-state index >= 15 is 0 Å². The molecule has 2 aromatic carbocycles. The maximum atomic E-state index is 12.8. The van der Waals surface area contributed by atoms with Gasteiger partial charge in [0, 0.05) is 41.1 Å². The minimum absolute atomic E-state index is 0.0450. The van der Waals surface area contributed by atoms with E-state index in [4.69, 9.17) is 16.0 Å². The van der Waals surface area contributed by atoms with Crippen LogP contribution in [0.25, 0.3) is 11.3 Å². The summed E-state index contributed by atoms with van der Waals surface area (Å²) < 4.78 is 7.21. The number of nitrogens with zero attached hydrogens (tertiary/aromatic N) is 3. The monoisotopic (exact) mass is 488 g/mol. The molecule has 4 aromatic rings. The van der Waals surface area contributed by atoms with Gasteiger partial charge in [-0.3, -0.25) is 14.5 Å². The van der Waals surface area contributed by atoms with Crippen molar-refractivity contribution in [3.8, 4) is 11.3 Å². The molecule has 5 rings (SSSR count). The first-order chi connectivity index (χ1) is 17.0. The molecule has 35 heavy (non-hydrogen) atoms. The number of carbonyl (C=O) groups is 2. The normalized spacial score (nSPS) is 14.0. The molecule has 0 spiro atoms. The van der Waals surface area contributed by atoms with Gasteiger partial charge < -0.3 is 9.73 Å². The second-order valence-corrected chi connectivity index (χ2v) is 9.14. The number of anilines is 1. The van der Waals surface area contributed by atoms with E-state index in [0.29, 0.717) is 36.5 Å². The van der Waals surface area contributed by atoms with E-state index in [2.05, 4.69) is 10.4 Å². The van der Waals surface area contributed by atoms with Gasteiger partial charge in [-0.05, 0) is 48.9 Å². The molecule has 2 amide bonds.